The molecule has 1 amide bonds. The average Bonchev–Trinajstić information content (AvgIpc) is 2.75. The van der Waals surface area contributed by atoms with Crippen molar-refractivity contribution in [3.63, 3.8) is 0 Å². The second-order valence-electron chi connectivity index (χ2n) is 2.95. The average molecular weight is 223 g/mol. The molecule has 1 unspecified atom stereocenters. The Morgan fingerprint density at radius 3 is 3.20 bits per heavy atom. The van der Waals surface area contributed by atoms with Crippen LogP contribution in [0.3, 0.4) is 0 Å². The summed E-state index contributed by atoms with van der Waals surface area (Å²) >= 11 is 1.52. The van der Waals surface area contributed by atoms with Crippen molar-refractivity contribution in [2.75, 3.05) is 6.54 Å². The van der Waals surface area contributed by atoms with Gasteiger partial charge in [-0.3, -0.25) is 4.79 Å². The Hall–Kier alpha value is -1.34. The molecule has 0 saturated heterocycles. The molecule has 0 aliphatic rings. The van der Waals surface area contributed by atoms with E-state index in [2.05, 4.69) is 11.2 Å². The maximum absolute atomic E-state index is 11.4. The van der Waals surface area contributed by atoms with Gasteiger partial charge in [-0.25, -0.2) is 0 Å². The number of amides is 1. The molecule has 1 N–H and O–H groups in total. The number of hydrogen-bond donors (Lipinski definition) is 1. The molecular weight excluding hydrogens is 210 g/mol. The summed E-state index contributed by atoms with van der Waals surface area (Å²) < 4.78 is 5.16. The fourth-order valence-corrected chi connectivity index (χ4v) is 1.77. The second-order valence-corrected chi connectivity index (χ2v) is 4.28. The molecule has 3 nitrogen and oxygen atoms in total. The van der Waals surface area contributed by atoms with Gasteiger partial charge in [0.2, 0.25) is 5.91 Å². The van der Waals surface area contributed by atoms with Crippen LogP contribution in [0.5, 0.6) is 0 Å². The highest BCUT2D eigenvalue weighted by atomic mass is 32.2. The predicted octanol–water partition coefficient (Wildman–Crippen LogP) is 1.65. The van der Waals surface area contributed by atoms with Gasteiger partial charge < -0.3 is 9.73 Å². The first-order valence-electron chi connectivity index (χ1n) is 4.59. The number of carbonyl (C=O) groups is 1. The highest BCUT2D eigenvalue weighted by Crippen LogP contribution is 2.17. The third-order valence-electron chi connectivity index (χ3n) is 1.79. The van der Waals surface area contributed by atoms with Gasteiger partial charge in [0.05, 0.1) is 23.8 Å². The van der Waals surface area contributed by atoms with Crippen molar-refractivity contribution in [3.8, 4) is 12.3 Å². The summed E-state index contributed by atoms with van der Waals surface area (Å²) in [7, 11) is 0. The SMILES string of the molecule is C#CCNC(=O)C(C)SCc1ccco1. The van der Waals surface area contributed by atoms with Crippen LogP contribution in [0.2, 0.25) is 0 Å². The van der Waals surface area contributed by atoms with Crippen LogP contribution < -0.4 is 5.32 Å². The first kappa shape index (κ1) is 11.7. The van der Waals surface area contributed by atoms with E-state index in [0.717, 1.165) is 5.76 Å². The molecular formula is C11H13NO2S. The maximum atomic E-state index is 11.4. The van der Waals surface area contributed by atoms with Gasteiger partial charge >= 0.3 is 0 Å². The molecule has 1 aromatic rings. The molecule has 0 bridgehead atoms. The monoisotopic (exact) mass is 223 g/mol. The third-order valence-corrected chi connectivity index (χ3v) is 2.95. The van der Waals surface area contributed by atoms with Crippen LogP contribution in [0.1, 0.15) is 12.7 Å². The lowest BCUT2D eigenvalue weighted by Gasteiger charge is -2.09. The molecule has 1 rings (SSSR count). The van der Waals surface area contributed by atoms with Gasteiger partial charge in [0, 0.05) is 0 Å². The van der Waals surface area contributed by atoms with Gasteiger partial charge in [0.25, 0.3) is 0 Å². The van der Waals surface area contributed by atoms with Gasteiger partial charge in [0.15, 0.2) is 0 Å². The van der Waals surface area contributed by atoms with Crippen molar-refractivity contribution in [1.29, 1.82) is 0 Å². The second kappa shape index (κ2) is 6.20. The summed E-state index contributed by atoms with van der Waals surface area (Å²) in [5.74, 6) is 3.89. The largest absolute Gasteiger partial charge is 0.468 e. The molecule has 0 radical (unpaired) electrons. The maximum Gasteiger partial charge on any atom is 0.233 e. The van der Waals surface area contributed by atoms with Gasteiger partial charge in [-0.2, -0.15) is 0 Å². The van der Waals surface area contributed by atoms with E-state index in [1.165, 1.54) is 11.8 Å². The Kier molecular flexibility index (Phi) is 4.85. The summed E-state index contributed by atoms with van der Waals surface area (Å²) in [6, 6.07) is 3.72. The number of rotatable bonds is 5. The molecule has 4 heteroatoms. The van der Waals surface area contributed by atoms with Crippen LogP contribution in [-0.4, -0.2) is 17.7 Å². The van der Waals surface area contributed by atoms with Gasteiger partial charge in [-0.1, -0.05) is 5.92 Å². The smallest absolute Gasteiger partial charge is 0.233 e. The van der Waals surface area contributed by atoms with Crippen LogP contribution in [0.25, 0.3) is 0 Å². The van der Waals surface area contributed by atoms with Crippen LogP contribution in [0.4, 0.5) is 0 Å². The van der Waals surface area contributed by atoms with E-state index >= 15 is 0 Å². The van der Waals surface area contributed by atoms with Gasteiger partial charge in [-0.15, -0.1) is 18.2 Å². The molecule has 0 spiro atoms. The fourth-order valence-electron chi connectivity index (χ4n) is 0.959. The van der Waals surface area contributed by atoms with Crippen LogP contribution in [0.15, 0.2) is 22.8 Å². The lowest BCUT2D eigenvalue weighted by atomic mass is 10.4. The fraction of sp³-hybridized carbons (Fsp3) is 0.364. The first-order chi connectivity index (χ1) is 7.24. The Balaban J connectivity index is 2.27. The minimum Gasteiger partial charge on any atom is -0.468 e. The lowest BCUT2D eigenvalue weighted by Crippen LogP contribution is -2.31. The summed E-state index contributed by atoms with van der Waals surface area (Å²) in [5.41, 5.74) is 0. The Labute approximate surface area is 93.6 Å². The standard InChI is InChI=1S/C11H13NO2S/c1-3-6-12-11(13)9(2)15-8-10-5-4-7-14-10/h1,4-5,7,9H,6,8H2,2H3,(H,12,13). The van der Waals surface area contributed by atoms with E-state index in [4.69, 9.17) is 10.8 Å². The number of thioether (sulfide) groups is 1. The normalized spacial score (nSPS) is 11.7. The zero-order valence-corrected chi connectivity index (χ0v) is 9.34. The van der Waals surface area contributed by atoms with Crippen molar-refractivity contribution >= 4 is 17.7 Å². The number of hydrogen-bond acceptors (Lipinski definition) is 3. The molecule has 1 aromatic heterocycles. The number of furan rings is 1. The molecule has 0 saturated carbocycles. The molecule has 15 heavy (non-hydrogen) atoms. The summed E-state index contributed by atoms with van der Waals surface area (Å²) in [6.07, 6.45) is 6.67. The van der Waals surface area contributed by atoms with E-state index < -0.39 is 0 Å². The van der Waals surface area contributed by atoms with Crippen LogP contribution in [0, 0.1) is 12.3 Å². The minimum absolute atomic E-state index is 0.0375. The van der Waals surface area contributed by atoms with Crippen molar-refractivity contribution in [1.82, 2.24) is 5.32 Å². The van der Waals surface area contributed by atoms with Gasteiger partial charge in [0.1, 0.15) is 5.76 Å². The van der Waals surface area contributed by atoms with E-state index in [0.29, 0.717) is 5.75 Å². The molecule has 1 heterocycles. The number of carbonyl (C=O) groups excluding carboxylic acids is 1. The van der Waals surface area contributed by atoms with E-state index in [9.17, 15) is 4.79 Å². The van der Waals surface area contributed by atoms with Crippen LogP contribution >= 0.6 is 11.8 Å². The minimum atomic E-state index is -0.122. The van der Waals surface area contributed by atoms with Crippen molar-refractivity contribution < 1.29 is 9.21 Å². The summed E-state index contributed by atoms with van der Waals surface area (Å²) in [4.78, 5) is 11.4. The zero-order valence-electron chi connectivity index (χ0n) is 8.53. The highest BCUT2D eigenvalue weighted by molar-refractivity contribution is 7.99. The predicted molar refractivity (Wildman–Crippen MR) is 61.3 cm³/mol. The van der Waals surface area contributed by atoms with Crippen molar-refractivity contribution in [2.24, 2.45) is 0 Å². The van der Waals surface area contributed by atoms with Crippen LogP contribution in [-0.2, 0) is 10.5 Å². The summed E-state index contributed by atoms with van der Waals surface area (Å²) in [6.45, 7) is 2.13. The quantitative estimate of drug-likeness (QED) is 0.772. The Bertz CT molecular complexity index is 340. The molecule has 0 aromatic carbocycles. The molecule has 0 aliphatic heterocycles. The number of nitrogens with one attached hydrogen (secondary N) is 1. The van der Waals surface area contributed by atoms with Gasteiger partial charge in [-0.05, 0) is 19.1 Å². The highest BCUT2D eigenvalue weighted by Gasteiger charge is 2.12. The molecule has 0 fully saturated rings. The third kappa shape index (κ3) is 4.13. The molecule has 0 aliphatic carbocycles. The first-order valence-corrected chi connectivity index (χ1v) is 5.64. The van der Waals surface area contributed by atoms with Crippen molar-refractivity contribution in [2.45, 2.75) is 17.9 Å². The lowest BCUT2D eigenvalue weighted by molar-refractivity contribution is -0.120. The summed E-state index contributed by atoms with van der Waals surface area (Å²) in [5, 5.41) is 2.51. The van der Waals surface area contributed by atoms with E-state index in [1.54, 1.807) is 6.26 Å². The Morgan fingerprint density at radius 2 is 2.60 bits per heavy atom. The van der Waals surface area contributed by atoms with E-state index in [-0.39, 0.29) is 17.7 Å². The van der Waals surface area contributed by atoms with E-state index in [1.807, 2.05) is 19.1 Å². The molecule has 1 atom stereocenters. The molecule has 80 valence electrons. The van der Waals surface area contributed by atoms with Crippen molar-refractivity contribution in [3.05, 3.63) is 24.2 Å². The zero-order chi connectivity index (χ0) is 11.1. The Morgan fingerprint density at radius 1 is 1.80 bits per heavy atom. The number of terminal acetylenes is 1. The topological polar surface area (TPSA) is 42.2 Å².